The van der Waals surface area contributed by atoms with Gasteiger partial charge in [0.25, 0.3) is 0 Å². The number of thiophene rings is 1. The van der Waals surface area contributed by atoms with E-state index in [-0.39, 0.29) is 0 Å². The molecule has 2 aromatic rings. The number of fused-ring (bicyclic) bond motifs is 1. The Morgan fingerprint density at radius 3 is 3.00 bits per heavy atom. The van der Waals surface area contributed by atoms with Crippen LogP contribution in [0.25, 0.3) is 10.2 Å². The standard InChI is InChI=1S/C12H17N5S/c1-8-7-17(5-4-16(8)2)10-9-3-6-18-11(9)15-12(13)14-10/h3,6,8H,4-5,7H2,1-2H3,(H2,13,14,15). The number of piperazine rings is 1. The van der Waals surface area contributed by atoms with Gasteiger partial charge in [-0.05, 0) is 25.4 Å². The lowest BCUT2D eigenvalue weighted by Gasteiger charge is -2.38. The van der Waals surface area contributed by atoms with Crippen molar-refractivity contribution in [2.24, 2.45) is 0 Å². The molecule has 2 aromatic heterocycles. The molecule has 1 fully saturated rings. The highest BCUT2D eigenvalue weighted by Crippen LogP contribution is 2.29. The molecule has 18 heavy (non-hydrogen) atoms. The van der Waals surface area contributed by atoms with Crippen LogP contribution in [0.2, 0.25) is 0 Å². The molecule has 6 heteroatoms. The average Bonchev–Trinajstić information content (AvgIpc) is 2.79. The van der Waals surface area contributed by atoms with Crippen molar-refractivity contribution in [2.45, 2.75) is 13.0 Å². The average molecular weight is 263 g/mol. The van der Waals surface area contributed by atoms with Gasteiger partial charge in [-0.1, -0.05) is 0 Å². The monoisotopic (exact) mass is 263 g/mol. The van der Waals surface area contributed by atoms with Crippen molar-refractivity contribution in [1.29, 1.82) is 0 Å². The minimum atomic E-state index is 0.367. The number of nitrogens with zero attached hydrogens (tertiary/aromatic N) is 4. The summed E-state index contributed by atoms with van der Waals surface area (Å²) in [4.78, 5) is 14.4. The molecule has 1 saturated heterocycles. The summed E-state index contributed by atoms with van der Waals surface area (Å²) in [5.74, 6) is 1.35. The Bertz CT molecular complexity index is 567. The Hall–Kier alpha value is -1.40. The van der Waals surface area contributed by atoms with Gasteiger partial charge in [0.1, 0.15) is 10.6 Å². The van der Waals surface area contributed by atoms with Gasteiger partial charge in [0.2, 0.25) is 5.95 Å². The number of aromatic nitrogens is 2. The number of nitrogen functional groups attached to an aromatic ring is 1. The predicted octanol–water partition coefficient (Wildman–Crippen LogP) is 1.41. The van der Waals surface area contributed by atoms with Crippen molar-refractivity contribution in [2.75, 3.05) is 37.3 Å². The lowest BCUT2D eigenvalue weighted by Crippen LogP contribution is -2.50. The highest BCUT2D eigenvalue weighted by atomic mass is 32.1. The maximum Gasteiger partial charge on any atom is 0.223 e. The zero-order valence-electron chi connectivity index (χ0n) is 10.6. The van der Waals surface area contributed by atoms with E-state index in [4.69, 9.17) is 5.73 Å². The summed E-state index contributed by atoms with van der Waals surface area (Å²) in [6.07, 6.45) is 0. The molecule has 5 nitrogen and oxygen atoms in total. The molecule has 3 rings (SSSR count). The summed E-state index contributed by atoms with van der Waals surface area (Å²) in [5, 5.41) is 3.16. The molecule has 1 aliphatic heterocycles. The SMILES string of the molecule is CC1CN(c2nc(N)nc3sccc23)CCN1C. The molecule has 1 unspecified atom stereocenters. The Labute approximate surface area is 110 Å². The molecule has 0 bridgehead atoms. The highest BCUT2D eigenvalue weighted by molar-refractivity contribution is 7.16. The Morgan fingerprint density at radius 1 is 1.39 bits per heavy atom. The van der Waals surface area contributed by atoms with E-state index in [0.29, 0.717) is 12.0 Å². The van der Waals surface area contributed by atoms with Gasteiger partial charge < -0.3 is 15.5 Å². The number of hydrogen-bond donors (Lipinski definition) is 1. The minimum absolute atomic E-state index is 0.367. The molecule has 1 atom stereocenters. The second-order valence-electron chi connectivity index (χ2n) is 4.82. The number of nitrogens with two attached hydrogens (primary N) is 1. The largest absolute Gasteiger partial charge is 0.368 e. The van der Waals surface area contributed by atoms with Gasteiger partial charge in [-0.2, -0.15) is 4.98 Å². The number of likely N-dealkylation sites (N-methyl/N-ethyl adjacent to an activating group) is 1. The Morgan fingerprint density at radius 2 is 2.22 bits per heavy atom. The predicted molar refractivity (Wildman–Crippen MR) is 76.1 cm³/mol. The summed E-state index contributed by atoms with van der Waals surface area (Å²) in [5.41, 5.74) is 5.80. The zero-order chi connectivity index (χ0) is 12.7. The normalized spacial score (nSPS) is 21.7. The van der Waals surface area contributed by atoms with Crippen molar-refractivity contribution in [3.05, 3.63) is 11.4 Å². The quantitative estimate of drug-likeness (QED) is 0.843. The van der Waals surface area contributed by atoms with Crippen LogP contribution in [0.5, 0.6) is 0 Å². The third kappa shape index (κ3) is 1.91. The van der Waals surface area contributed by atoms with Crippen molar-refractivity contribution < 1.29 is 0 Å². The molecule has 0 saturated carbocycles. The smallest absolute Gasteiger partial charge is 0.223 e. The molecule has 0 aromatic carbocycles. The molecule has 0 spiro atoms. The fourth-order valence-electron chi connectivity index (χ4n) is 2.34. The molecular weight excluding hydrogens is 246 g/mol. The van der Waals surface area contributed by atoms with Crippen molar-refractivity contribution >= 4 is 33.3 Å². The van der Waals surface area contributed by atoms with Gasteiger partial charge in [0.05, 0.1) is 5.39 Å². The van der Waals surface area contributed by atoms with E-state index in [0.717, 1.165) is 35.7 Å². The molecule has 96 valence electrons. The van der Waals surface area contributed by atoms with E-state index in [1.54, 1.807) is 11.3 Å². The van der Waals surface area contributed by atoms with Crippen molar-refractivity contribution in [1.82, 2.24) is 14.9 Å². The van der Waals surface area contributed by atoms with Crippen LogP contribution in [0, 0.1) is 0 Å². The summed E-state index contributed by atoms with van der Waals surface area (Å²) in [6, 6.07) is 2.61. The van der Waals surface area contributed by atoms with E-state index in [1.807, 2.05) is 5.38 Å². The van der Waals surface area contributed by atoms with E-state index in [1.165, 1.54) is 0 Å². The fourth-order valence-corrected chi connectivity index (χ4v) is 3.10. The van der Waals surface area contributed by atoms with Crippen LogP contribution in [0.15, 0.2) is 11.4 Å². The molecule has 0 aliphatic carbocycles. The summed E-state index contributed by atoms with van der Waals surface area (Å²) < 4.78 is 0. The molecular formula is C12H17N5S. The molecule has 0 amide bonds. The summed E-state index contributed by atoms with van der Waals surface area (Å²) in [7, 11) is 2.16. The lowest BCUT2D eigenvalue weighted by atomic mass is 10.2. The van der Waals surface area contributed by atoms with Gasteiger partial charge in [-0.25, -0.2) is 4.98 Å². The fraction of sp³-hybridized carbons (Fsp3) is 0.500. The van der Waals surface area contributed by atoms with Crippen LogP contribution in [-0.2, 0) is 0 Å². The first kappa shape index (κ1) is 11.7. The van der Waals surface area contributed by atoms with Gasteiger partial charge in [0, 0.05) is 25.7 Å². The second kappa shape index (κ2) is 4.37. The first-order valence-corrected chi connectivity index (χ1v) is 6.99. The van der Waals surface area contributed by atoms with Crippen LogP contribution in [0.3, 0.4) is 0 Å². The molecule has 1 aliphatic rings. The first-order chi connectivity index (χ1) is 8.65. The van der Waals surface area contributed by atoms with Gasteiger partial charge in [0.15, 0.2) is 0 Å². The zero-order valence-corrected chi connectivity index (χ0v) is 11.4. The Balaban J connectivity index is 2.01. The maximum absolute atomic E-state index is 5.80. The van der Waals surface area contributed by atoms with Crippen molar-refractivity contribution in [3.8, 4) is 0 Å². The molecule has 3 heterocycles. The third-order valence-electron chi connectivity index (χ3n) is 3.58. The first-order valence-electron chi connectivity index (χ1n) is 6.11. The Kier molecular flexibility index (Phi) is 2.83. The van der Waals surface area contributed by atoms with Gasteiger partial charge in [-0.15, -0.1) is 11.3 Å². The summed E-state index contributed by atoms with van der Waals surface area (Å²) >= 11 is 1.61. The number of rotatable bonds is 1. The molecule has 0 radical (unpaired) electrons. The van der Waals surface area contributed by atoms with Crippen LogP contribution in [-0.4, -0.2) is 47.6 Å². The lowest BCUT2D eigenvalue weighted by molar-refractivity contribution is 0.233. The minimum Gasteiger partial charge on any atom is -0.368 e. The van der Waals surface area contributed by atoms with E-state index in [2.05, 4.69) is 39.8 Å². The van der Waals surface area contributed by atoms with E-state index >= 15 is 0 Å². The topological polar surface area (TPSA) is 58.3 Å². The van der Waals surface area contributed by atoms with E-state index in [9.17, 15) is 0 Å². The highest BCUT2D eigenvalue weighted by Gasteiger charge is 2.23. The van der Waals surface area contributed by atoms with Gasteiger partial charge >= 0.3 is 0 Å². The van der Waals surface area contributed by atoms with E-state index < -0.39 is 0 Å². The third-order valence-corrected chi connectivity index (χ3v) is 4.39. The maximum atomic E-state index is 5.80. The number of hydrogen-bond acceptors (Lipinski definition) is 6. The van der Waals surface area contributed by atoms with Crippen LogP contribution >= 0.6 is 11.3 Å². The van der Waals surface area contributed by atoms with Crippen molar-refractivity contribution in [3.63, 3.8) is 0 Å². The molecule has 2 N–H and O–H groups in total. The van der Waals surface area contributed by atoms with Crippen LogP contribution < -0.4 is 10.6 Å². The number of anilines is 2. The van der Waals surface area contributed by atoms with Crippen LogP contribution in [0.1, 0.15) is 6.92 Å². The second-order valence-corrected chi connectivity index (χ2v) is 5.72. The van der Waals surface area contributed by atoms with Crippen LogP contribution in [0.4, 0.5) is 11.8 Å². The van der Waals surface area contributed by atoms with Gasteiger partial charge in [-0.3, -0.25) is 0 Å². The summed E-state index contributed by atoms with van der Waals surface area (Å²) in [6.45, 7) is 5.26.